The normalized spacial score (nSPS) is 13.4. The molecule has 0 aliphatic rings. The van der Waals surface area contributed by atoms with Crippen molar-refractivity contribution in [3.05, 3.63) is 29.0 Å². The fraction of sp³-hybridized carbons (Fsp3) is 0.500. The molecule has 0 spiro atoms. The predicted octanol–water partition coefficient (Wildman–Crippen LogP) is 3.55. The average Bonchev–Trinajstić information content (AvgIpc) is 2.65. The molecule has 0 saturated carbocycles. The Morgan fingerprint density at radius 2 is 2.11 bits per heavy atom. The monoisotopic (exact) mass is 265 g/mol. The molecule has 18 heavy (non-hydrogen) atoms. The Bertz CT molecular complexity index is 545. The molecule has 0 aliphatic heterocycles. The van der Waals surface area contributed by atoms with Crippen molar-refractivity contribution >= 4 is 22.6 Å². The number of hydrogen-bond donors (Lipinski definition) is 1. The van der Waals surface area contributed by atoms with Crippen molar-refractivity contribution in [1.29, 1.82) is 0 Å². The Morgan fingerprint density at radius 3 is 2.72 bits per heavy atom. The van der Waals surface area contributed by atoms with Gasteiger partial charge in [0.2, 0.25) is 0 Å². The summed E-state index contributed by atoms with van der Waals surface area (Å²) in [6.45, 7) is 6.41. The van der Waals surface area contributed by atoms with Crippen LogP contribution in [0.1, 0.15) is 39.1 Å². The summed E-state index contributed by atoms with van der Waals surface area (Å²) < 4.78 is 2.23. The molecule has 1 aromatic carbocycles. The lowest BCUT2D eigenvalue weighted by molar-refractivity contribution is 0.547. The number of nitrogens with zero attached hydrogens (tertiary/aromatic N) is 2. The Labute approximate surface area is 113 Å². The molecule has 0 amide bonds. The van der Waals surface area contributed by atoms with E-state index < -0.39 is 0 Å². The first-order chi connectivity index (χ1) is 8.52. The van der Waals surface area contributed by atoms with Gasteiger partial charge in [0.25, 0.3) is 0 Å². The summed E-state index contributed by atoms with van der Waals surface area (Å²) in [5.41, 5.74) is 8.13. The second kappa shape index (κ2) is 5.29. The summed E-state index contributed by atoms with van der Waals surface area (Å²) in [4.78, 5) is 4.69. The molecule has 0 fully saturated rings. The predicted molar refractivity (Wildman–Crippen MR) is 77.1 cm³/mol. The molecule has 98 valence electrons. The number of nitrogens with two attached hydrogens (primary N) is 1. The summed E-state index contributed by atoms with van der Waals surface area (Å²) >= 11 is 6.07. The minimum absolute atomic E-state index is 0.162. The lowest BCUT2D eigenvalue weighted by Gasteiger charge is -2.15. The van der Waals surface area contributed by atoms with Gasteiger partial charge in [-0.15, -0.1) is 0 Å². The van der Waals surface area contributed by atoms with Gasteiger partial charge in [0.15, 0.2) is 0 Å². The van der Waals surface area contributed by atoms with E-state index in [-0.39, 0.29) is 6.04 Å². The van der Waals surface area contributed by atoms with Crippen LogP contribution >= 0.6 is 11.6 Å². The van der Waals surface area contributed by atoms with E-state index in [9.17, 15) is 0 Å². The lowest BCUT2D eigenvalue weighted by Crippen LogP contribution is -2.24. The molecule has 0 radical (unpaired) electrons. The van der Waals surface area contributed by atoms with Gasteiger partial charge in [0, 0.05) is 23.5 Å². The zero-order chi connectivity index (χ0) is 13.3. The fourth-order valence-corrected chi connectivity index (χ4v) is 2.38. The van der Waals surface area contributed by atoms with E-state index in [4.69, 9.17) is 17.3 Å². The highest BCUT2D eigenvalue weighted by atomic mass is 35.5. The number of rotatable bonds is 4. The molecule has 3 nitrogen and oxygen atoms in total. The zero-order valence-electron chi connectivity index (χ0n) is 11.2. The summed E-state index contributed by atoms with van der Waals surface area (Å²) in [6.07, 6.45) is 1.77. The largest absolute Gasteiger partial charge is 0.327 e. The third-order valence-corrected chi connectivity index (χ3v) is 3.45. The molecule has 0 aliphatic carbocycles. The van der Waals surface area contributed by atoms with E-state index in [1.165, 1.54) is 0 Å². The molecule has 0 saturated heterocycles. The Kier molecular flexibility index (Phi) is 3.93. The van der Waals surface area contributed by atoms with E-state index in [2.05, 4.69) is 30.3 Å². The second-order valence-corrected chi connectivity index (χ2v) is 5.43. The van der Waals surface area contributed by atoms with Gasteiger partial charge in [-0.05, 0) is 38.5 Å². The Morgan fingerprint density at radius 1 is 1.39 bits per heavy atom. The Balaban J connectivity index is 2.55. The smallest absolute Gasteiger partial charge is 0.111 e. The van der Waals surface area contributed by atoms with Crippen molar-refractivity contribution in [2.45, 2.75) is 45.7 Å². The van der Waals surface area contributed by atoms with E-state index in [0.717, 1.165) is 34.7 Å². The number of imidazole rings is 1. The maximum Gasteiger partial charge on any atom is 0.111 e. The summed E-state index contributed by atoms with van der Waals surface area (Å²) in [5.74, 6) is 1.05. The van der Waals surface area contributed by atoms with Gasteiger partial charge >= 0.3 is 0 Å². The standard InChI is InChI=1S/C14H20ClN3/c1-4-11(16)8-14-17-12-6-5-10(15)7-13(12)18(14)9(2)3/h5-7,9,11H,4,8,16H2,1-3H3. The van der Waals surface area contributed by atoms with Crippen LogP contribution in [0, 0.1) is 0 Å². The molecule has 1 heterocycles. The van der Waals surface area contributed by atoms with Crippen molar-refractivity contribution in [1.82, 2.24) is 9.55 Å². The number of fused-ring (bicyclic) bond motifs is 1. The number of hydrogen-bond acceptors (Lipinski definition) is 2. The first-order valence-electron chi connectivity index (χ1n) is 6.44. The van der Waals surface area contributed by atoms with Crippen molar-refractivity contribution in [2.24, 2.45) is 5.73 Å². The molecule has 1 unspecified atom stereocenters. The van der Waals surface area contributed by atoms with Crippen LogP contribution in [-0.2, 0) is 6.42 Å². The number of benzene rings is 1. The fourth-order valence-electron chi connectivity index (χ4n) is 2.22. The van der Waals surface area contributed by atoms with Crippen LogP contribution in [0.3, 0.4) is 0 Å². The third kappa shape index (κ3) is 2.52. The highest BCUT2D eigenvalue weighted by Gasteiger charge is 2.15. The van der Waals surface area contributed by atoms with E-state index >= 15 is 0 Å². The quantitative estimate of drug-likeness (QED) is 0.919. The third-order valence-electron chi connectivity index (χ3n) is 3.21. The van der Waals surface area contributed by atoms with Gasteiger partial charge < -0.3 is 10.3 Å². The molecular weight excluding hydrogens is 246 g/mol. The highest BCUT2D eigenvalue weighted by Crippen LogP contribution is 2.24. The van der Waals surface area contributed by atoms with E-state index in [1.54, 1.807) is 0 Å². The first kappa shape index (κ1) is 13.4. The van der Waals surface area contributed by atoms with Crippen molar-refractivity contribution in [3.63, 3.8) is 0 Å². The Hall–Kier alpha value is -1.06. The topological polar surface area (TPSA) is 43.8 Å². The molecule has 2 N–H and O–H groups in total. The van der Waals surface area contributed by atoms with E-state index in [1.807, 2.05) is 18.2 Å². The van der Waals surface area contributed by atoms with Gasteiger partial charge in [0.05, 0.1) is 11.0 Å². The van der Waals surface area contributed by atoms with Crippen LogP contribution in [0.25, 0.3) is 11.0 Å². The molecule has 0 bridgehead atoms. The van der Waals surface area contributed by atoms with Gasteiger partial charge in [-0.3, -0.25) is 0 Å². The van der Waals surface area contributed by atoms with Crippen LogP contribution in [-0.4, -0.2) is 15.6 Å². The summed E-state index contributed by atoms with van der Waals surface area (Å²) in [6, 6.07) is 6.34. The van der Waals surface area contributed by atoms with Gasteiger partial charge in [0.1, 0.15) is 5.82 Å². The van der Waals surface area contributed by atoms with Crippen LogP contribution in [0.15, 0.2) is 18.2 Å². The van der Waals surface area contributed by atoms with E-state index in [0.29, 0.717) is 6.04 Å². The summed E-state index contributed by atoms with van der Waals surface area (Å²) in [7, 11) is 0. The van der Waals surface area contributed by atoms with Gasteiger partial charge in [-0.1, -0.05) is 18.5 Å². The van der Waals surface area contributed by atoms with Gasteiger partial charge in [-0.2, -0.15) is 0 Å². The second-order valence-electron chi connectivity index (χ2n) is 5.00. The molecular formula is C14H20ClN3. The van der Waals surface area contributed by atoms with Crippen molar-refractivity contribution < 1.29 is 0 Å². The number of aromatic nitrogens is 2. The highest BCUT2D eigenvalue weighted by molar-refractivity contribution is 6.31. The maximum absolute atomic E-state index is 6.07. The average molecular weight is 266 g/mol. The minimum atomic E-state index is 0.162. The van der Waals surface area contributed by atoms with Gasteiger partial charge in [-0.25, -0.2) is 4.98 Å². The molecule has 2 aromatic rings. The minimum Gasteiger partial charge on any atom is -0.327 e. The van der Waals surface area contributed by atoms with Crippen LogP contribution in [0.4, 0.5) is 0 Å². The molecule has 2 rings (SSSR count). The van der Waals surface area contributed by atoms with Crippen LogP contribution in [0.5, 0.6) is 0 Å². The zero-order valence-corrected chi connectivity index (χ0v) is 11.9. The SMILES string of the molecule is CCC(N)Cc1nc2ccc(Cl)cc2n1C(C)C. The first-order valence-corrected chi connectivity index (χ1v) is 6.82. The molecule has 1 aromatic heterocycles. The lowest BCUT2D eigenvalue weighted by atomic mass is 10.1. The maximum atomic E-state index is 6.07. The van der Waals surface area contributed by atoms with Crippen molar-refractivity contribution in [2.75, 3.05) is 0 Å². The van der Waals surface area contributed by atoms with Crippen LogP contribution in [0.2, 0.25) is 5.02 Å². The number of halogens is 1. The molecule has 1 atom stereocenters. The van der Waals surface area contributed by atoms with Crippen LogP contribution < -0.4 is 5.73 Å². The summed E-state index contributed by atoms with van der Waals surface area (Å²) in [5, 5.41) is 0.746. The van der Waals surface area contributed by atoms with Crippen molar-refractivity contribution in [3.8, 4) is 0 Å². The molecule has 4 heteroatoms.